The van der Waals surface area contributed by atoms with Crippen molar-refractivity contribution in [2.75, 3.05) is 6.54 Å². The number of rotatable bonds is 6. The predicted molar refractivity (Wildman–Crippen MR) is 98.3 cm³/mol. The second-order valence-corrected chi connectivity index (χ2v) is 6.96. The molecule has 1 aliphatic heterocycles. The van der Waals surface area contributed by atoms with E-state index in [1.54, 1.807) is 12.1 Å². The van der Waals surface area contributed by atoms with Gasteiger partial charge in [0.2, 0.25) is 0 Å². The highest BCUT2D eigenvalue weighted by molar-refractivity contribution is 6.42. The molecule has 2 aromatic rings. The van der Waals surface area contributed by atoms with E-state index in [-0.39, 0.29) is 6.04 Å². The average molecular weight is 380 g/mol. The van der Waals surface area contributed by atoms with Gasteiger partial charge < -0.3 is 9.84 Å². The minimum atomic E-state index is -0.737. The molecule has 1 fully saturated rings. The van der Waals surface area contributed by atoms with Crippen molar-refractivity contribution in [2.24, 2.45) is 0 Å². The molecule has 1 saturated heterocycles. The molecule has 0 bridgehead atoms. The quantitative estimate of drug-likeness (QED) is 0.795. The number of nitrogens with zero attached hydrogens (tertiary/aromatic N) is 1. The normalized spacial score (nSPS) is 17.6. The summed E-state index contributed by atoms with van der Waals surface area (Å²) >= 11 is 11.9. The van der Waals surface area contributed by atoms with Crippen LogP contribution in [0.1, 0.15) is 24.0 Å². The third-order valence-corrected chi connectivity index (χ3v) is 5.09. The molecular weight excluding hydrogens is 361 g/mol. The fourth-order valence-corrected chi connectivity index (χ4v) is 3.34. The second-order valence-electron chi connectivity index (χ2n) is 6.15. The molecule has 0 radical (unpaired) electrons. The van der Waals surface area contributed by atoms with Gasteiger partial charge in [0.15, 0.2) is 0 Å². The molecule has 132 valence electrons. The van der Waals surface area contributed by atoms with Crippen LogP contribution in [0.3, 0.4) is 0 Å². The topological polar surface area (TPSA) is 49.8 Å². The molecule has 0 aromatic heterocycles. The summed E-state index contributed by atoms with van der Waals surface area (Å²) in [5.74, 6) is 0.0186. The Morgan fingerprint density at radius 1 is 1.12 bits per heavy atom. The number of hydrogen-bond acceptors (Lipinski definition) is 3. The number of ether oxygens (including phenoxy) is 1. The first-order valence-corrected chi connectivity index (χ1v) is 8.91. The highest BCUT2D eigenvalue weighted by atomic mass is 35.5. The van der Waals surface area contributed by atoms with Gasteiger partial charge in [-0.25, -0.2) is 0 Å². The van der Waals surface area contributed by atoms with Crippen molar-refractivity contribution in [1.82, 2.24) is 4.90 Å². The molecule has 25 heavy (non-hydrogen) atoms. The van der Waals surface area contributed by atoms with Crippen LogP contribution in [0.4, 0.5) is 0 Å². The van der Waals surface area contributed by atoms with E-state index in [2.05, 4.69) is 0 Å². The van der Waals surface area contributed by atoms with Crippen LogP contribution in [0.15, 0.2) is 42.5 Å². The van der Waals surface area contributed by atoms with Crippen LogP contribution in [0, 0.1) is 0 Å². The van der Waals surface area contributed by atoms with E-state index in [1.165, 1.54) is 0 Å². The van der Waals surface area contributed by atoms with E-state index >= 15 is 0 Å². The van der Waals surface area contributed by atoms with Gasteiger partial charge in [-0.05, 0) is 54.8 Å². The number of benzene rings is 2. The molecule has 1 heterocycles. The predicted octanol–water partition coefficient (Wildman–Crippen LogP) is 4.62. The number of likely N-dealkylation sites (tertiary alicyclic amines) is 1. The number of aliphatic carboxylic acids is 1. The van der Waals surface area contributed by atoms with Crippen molar-refractivity contribution in [3.63, 3.8) is 0 Å². The van der Waals surface area contributed by atoms with Crippen LogP contribution in [0.2, 0.25) is 10.0 Å². The van der Waals surface area contributed by atoms with Gasteiger partial charge in [0.25, 0.3) is 0 Å². The van der Waals surface area contributed by atoms with Crippen molar-refractivity contribution >= 4 is 29.2 Å². The molecule has 0 saturated carbocycles. The molecule has 1 unspecified atom stereocenters. The fraction of sp³-hybridized carbons (Fsp3) is 0.316. The van der Waals surface area contributed by atoms with Crippen LogP contribution >= 0.6 is 23.2 Å². The first-order valence-electron chi connectivity index (χ1n) is 8.15. The summed E-state index contributed by atoms with van der Waals surface area (Å²) < 4.78 is 5.76. The highest BCUT2D eigenvalue weighted by Gasteiger charge is 2.30. The number of halogens is 2. The Morgan fingerprint density at radius 2 is 1.84 bits per heavy atom. The monoisotopic (exact) mass is 379 g/mol. The summed E-state index contributed by atoms with van der Waals surface area (Å²) in [6.45, 7) is 1.88. The first-order chi connectivity index (χ1) is 12.0. The highest BCUT2D eigenvalue weighted by Crippen LogP contribution is 2.24. The number of carbonyl (C=O) groups is 1. The lowest BCUT2D eigenvalue weighted by atomic mass is 10.1. The molecule has 1 aliphatic rings. The maximum atomic E-state index is 11.2. The molecule has 2 aromatic carbocycles. The minimum absolute atomic E-state index is 0.370. The Labute approximate surface area is 156 Å². The van der Waals surface area contributed by atoms with Gasteiger partial charge in [-0.3, -0.25) is 9.69 Å². The van der Waals surface area contributed by atoms with E-state index in [0.717, 1.165) is 36.3 Å². The number of hydrogen-bond donors (Lipinski definition) is 1. The molecule has 0 amide bonds. The Bertz CT molecular complexity index is 749. The van der Waals surface area contributed by atoms with E-state index in [4.69, 9.17) is 27.9 Å². The molecule has 1 N–H and O–H groups in total. The van der Waals surface area contributed by atoms with Crippen molar-refractivity contribution < 1.29 is 14.6 Å². The van der Waals surface area contributed by atoms with Crippen LogP contribution in [-0.2, 0) is 17.9 Å². The molecule has 3 rings (SSSR count). The zero-order valence-corrected chi connectivity index (χ0v) is 15.1. The van der Waals surface area contributed by atoms with Crippen LogP contribution < -0.4 is 4.74 Å². The van der Waals surface area contributed by atoms with Crippen molar-refractivity contribution in [2.45, 2.75) is 32.0 Å². The Balaban J connectivity index is 1.56. The molecule has 0 spiro atoms. The standard InChI is InChI=1S/C19H19Cl2NO3/c20-16-8-5-14(10-17(16)21)12-25-15-6-3-13(4-7-15)11-22-9-1-2-18(22)19(23)24/h3-8,10,18H,1-2,9,11-12H2,(H,23,24). The lowest BCUT2D eigenvalue weighted by molar-refractivity contribution is -0.142. The van der Waals surface area contributed by atoms with Crippen LogP contribution in [0.25, 0.3) is 0 Å². The first kappa shape index (κ1) is 18.1. The fourth-order valence-electron chi connectivity index (χ4n) is 3.02. The summed E-state index contributed by atoms with van der Waals surface area (Å²) in [6.07, 6.45) is 1.65. The number of carboxylic acid groups (broad SMARTS) is 1. The van der Waals surface area contributed by atoms with E-state index < -0.39 is 5.97 Å². The van der Waals surface area contributed by atoms with Gasteiger partial charge in [0.1, 0.15) is 18.4 Å². The van der Waals surface area contributed by atoms with Crippen LogP contribution in [0.5, 0.6) is 5.75 Å². The summed E-state index contributed by atoms with van der Waals surface area (Å²) in [5, 5.41) is 10.3. The third-order valence-electron chi connectivity index (χ3n) is 4.35. The van der Waals surface area contributed by atoms with Gasteiger partial charge in [-0.1, -0.05) is 41.4 Å². The van der Waals surface area contributed by atoms with Gasteiger partial charge in [-0.15, -0.1) is 0 Å². The van der Waals surface area contributed by atoms with Crippen molar-refractivity contribution in [1.29, 1.82) is 0 Å². The van der Waals surface area contributed by atoms with Crippen molar-refractivity contribution in [3.05, 3.63) is 63.6 Å². The third kappa shape index (κ3) is 4.66. The Morgan fingerprint density at radius 3 is 2.52 bits per heavy atom. The lowest BCUT2D eigenvalue weighted by Gasteiger charge is -2.21. The molecule has 4 nitrogen and oxygen atoms in total. The molecule has 0 aliphatic carbocycles. The Hall–Kier alpha value is -1.75. The van der Waals surface area contributed by atoms with E-state index in [0.29, 0.717) is 23.2 Å². The maximum Gasteiger partial charge on any atom is 0.320 e. The van der Waals surface area contributed by atoms with E-state index in [9.17, 15) is 9.90 Å². The Kier molecular flexibility index (Phi) is 5.84. The van der Waals surface area contributed by atoms with Gasteiger partial charge in [-0.2, -0.15) is 0 Å². The maximum absolute atomic E-state index is 11.2. The zero-order chi connectivity index (χ0) is 17.8. The van der Waals surface area contributed by atoms with Crippen molar-refractivity contribution in [3.8, 4) is 5.75 Å². The van der Waals surface area contributed by atoms with E-state index in [1.807, 2.05) is 35.2 Å². The lowest BCUT2D eigenvalue weighted by Crippen LogP contribution is -2.35. The summed E-state index contributed by atoms with van der Waals surface area (Å²) in [4.78, 5) is 13.2. The summed E-state index contributed by atoms with van der Waals surface area (Å²) in [6, 6.07) is 12.8. The smallest absolute Gasteiger partial charge is 0.320 e. The summed E-state index contributed by atoms with van der Waals surface area (Å²) in [5.41, 5.74) is 2.02. The SMILES string of the molecule is O=C(O)C1CCCN1Cc1ccc(OCc2ccc(Cl)c(Cl)c2)cc1. The summed E-state index contributed by atoms with van der Waals surface area (Å²) in [7, 11) is 0. The van der Waals surface area contributed by atoms with Gasteiger partial charge in [0.05, 0.1) is 10.0 Å². The largest absolute Gasteiger partial charge is 0.489 e. The molecular formula is C19H19Cl2NO3. The zero-order valence-electron chi connectivity index (χ0n) is 13.6. The molecule has 1 atom stereocenters. The average Bonchev–Trinajstić information content (AvgIpc) is 3.06. The second kappa shape index (κ2) is 8.09. The number of carboxylic acids is 1. The molecule has 6 heteroatoms. The minimum Gasteiger partial charge on any atom is -0.489 e. The van der Waals surface area contributed by atoms with Crippen LogP contribution in [-0.4, -0.2) is 28.6 Å². The van der Waals surface area contributed by atoms with Gasteiger partial charge >= 0.3 is 5.97 Å². The van der Waals surface area contributed by atoms with Gasteiger partial charge in [0, 0.05) is 6.54 Å².